The quantitative estimate of drug-likeness (QED) is 0.417. The average molecular weight is 531 g/mol. The number of hydrogen-bond acceptors (Lipinski definition) is 6. The maximum atomic E-state index is 13.5. The second-order valence-electron chi connectivity index (χ2n) is 10.2. The third-order valence-corrected chi connectivity index (χ3v) is 8.03. The Morgan fingerprint density at radius 2 is 1.54 bits per heavy atom. The minimum atomic E-state index is -0.0259. The molecule has 7 heteroatoms. The number of benzene rings is 3. The average Bonchev–Trinajstić information content (AvgIpc) is 3.29. The molecular weight excluding hydrogens is 492 g/mol. The number of hydrogen-bond donors (Lipinski definition) is 1. The van der Waals surface area contributed by atoms with Gasteiger partial charge in [0.15, 0.2) is 23.0 Å². The molecule has 0 aromatic heterocycles. The molecule has 39 heavy (non-hydrogen) atoms. The largest absolute Gasteiger partial charge is 0.493 e. The Morgan fingerprint density at radius 3 is 2.31 bits per heavy atom. The lowest BCUT2D eigenvalue weighted by Gasteiger charge is -2.32. The third kappa shape index (κ3) is 5.69. The minimum Gasteiger partial charge on any atom is -0.493 e. The van der Waals surface area contributed by atoms with Crippen LogP contribution in [0, 0.1) is 0 Å². The van der Waals surface area contributed by atoms with E-state index in [4.69, 9.17) is 18.9 Å². The first-order valence-corrected chi connectivity index (χ1v) is 13.6. The van der Waals surface area contributed by atoms with E-state index in [0.29, 0.717) is 30.2 Å². The zero-order chi connectivity index (χ0) is 27.4. The van der Waals surface area contributed by atoms with Gasteiger partial charge in [0.2, 0.25) is 5.91 Å². The Labute approximate surface area is 231 Å². The van der Waals surface area contributed by atoms with Crippen LogP contribution in [0.15, 0.2) is 54.6 Å². The zero-order valence-corrected chi connectivity index (χ0v) is 23.3. The maximum absolute atomic E-state index is 13.5. The van der Waals surface area contributed by atoms with Gasteiger partial charge in [-0.3, -0.25) is 9.69 Å². The van der Waals surface area contributed by atoms with Crippen molar-refractivity contribution in [3.8, 4) is 23.0 Å². The number of nitrogens with one attached hydrogen (secondary N) is 1. The lowest BCUT2D eigenvalue weighted by Crippen LogP contribution is -2.41. The van der Waals surface area contributed by atoms with Crippen molar-refractivity contribution in [2.45, 2.75) is 44.2 Å². The molecule has 5 rings (SSSR count). The fourth-order valence-electron chi connectivity index (χ4n) is 6.08. The molecule has 1 aliphatic carbocycles. The summed E-state index contributed by atoms with van der Waals surface area (Å²) in [6.45, 7) is 1.14. The zero-order valence-electron chi connectivity index (χ0n) is 23.3. The summed E-state index contributed by atoms with van der Waals surface area (Å²) in [6, 6.07) is 18.7. The standard InChI is InChI=1S/C32H38N2O5/c1-36-28-14-11-21(17-29(28)37-2)16-27-25-19-31(39-4)30(38-3)18-23(25)9-7-15-34(27)20-32(35)33-26-13-12-22-8-5-6-10-24(22)26/h5-6,8,10-11,14,17-19,26-27H,7,9,12-13,15-16,20H2,1-4H3,(H,33,35)/t26-,27-/m0/s1. The second kappa shape index (κ2) is 12.0. The molecule has 1 aliphatic heterocycles. The molecular formula is C32H38N2O5. The number of carbonyl (C=O) groups is 1. The molecule has 1 heterocycles. The van der Waals surface area contributed by atoms with Crippen molar-refractivity contribution in [2.24, 2.45) is 0 Å². The first-order valence-electron chi connectivity index (χ1n) is 13.6. The first kappa shape index (κ1) is 26.9. The van der Waals surface area contributed by atoms with Crippen LogP contribution in [0.1, 0.15) is 52.7 Å². The van der Waals surface area contributed by atoms with Crippen LogP contribution >= 0.6 is 0 Å². The molecule has 7 nitrogen and oxygen atoms in total. The van der Waals surface area contributed by atoms with E-state index in [1.165, 1.54) is 22.3 Å². The number of carbonyl (C=O) groups excluding carboxylic acids is 1. The molecule has 0 saturated carbocycles. The predicted octanol–water partition coefficient (Wildman–Crippen LogP) is 5.06. The molecule has 2 atom stereocenters. The highest BCUT2D eigenvalue weighted by Crippen LogP contribution is 2.40. The van der Waals surface area contributed by atoms with Crippen molar-refractivity contribution in [2.75, 3.05) is 41.5 Å². The maximum Gasteiger partial charge on any atom is 0.234 e. The number of ether oxygens (including phenoxy) is 4. The predicted molar refractivity (Wildman–Crippen MR) is 151 cm³/mol. The highest BCUT2D eigenvalue weighted by atomic mass is 16.5. The van der Waals surface area contributed by atoms with Crippen LogP contribution < -0.4 is 24.3 Å². The molecule has 0 saturated heterocycles. The van der Waals surface area contributed by atoms with Gasteiger partial charge >= 0.3 is 0 Å². The lowest BCUT2D eigenvalue weighted by atomic mass is 9.92. The van der Waals surface area contributed by atoms with Gasteiger partial charge in [0.05, 0.1) is 41.0 Å². The summed E-state index contributed by atoms with van der Waals surface area (Å²) >= 11 is 0. The normalized spacial score (nSPS) is 18.5. The summed E-state index contributed by atoms with van der Waals surface area (Å²) in [5.41, 5.74) is 6.07. The summed E-state index contributed by atoms with van der Waals surface area (Å²) in [5, 5.41) is 3.32. The minimum absolute atomic E-state index is 0.0259. The summed E-state index contributed by atoms with van der Waals surface area (Å²) in [5.74, 6) is 2.87. The molecule has 0 fully saturated rings. The van der Waals surface area contributed by atoms with E-state index >= 15 is 0 Å². The topological polar surface area (TPSA) is 69.3 Å². The van der Waals surface area contributed by atoms with Gasteiger partial charge < -0.3 is 24.3 Å². The van der Waals surface area contributed by atoms with Gasteiger partial charge in [0.25, 0.3) is 0 Å². The number of aryl methyl sites for hydroxylation is 2. The third-order valence-electron chi connectivity index (χ3n) is 8.03. The molecule has 2 aliphatic rings. The van der Waals surface area contributed by atoms with E-state index in [1.807, 2.05) is 12.1 Å². The SMILES string of the molecule is COc1ccc(C[C@H]2c3cc(OC)c(OC)cc3CCCN2CC(=O)N[C@H]2CCc3ccccc32)cc1OC. The molecule has 1 amide bonds. The molecule has 0 bridgehead atoms. The molecule has 0 unspecified atom stereocenters. The van der Waals surface area contributed by atoms with Crippen LogP contribution in [0.25, 0.3) is 0 Å². The molecule has 0 radical (unpaired) electrons. The van der Waals surface area contributed by atoms with Crippen LogP contribution in [-0.2, 0) is 24.1 Å². The van der Waals surface area contributed by atoms with Crippen LogP contribution in [0.2, 0.25) is 0 Å². The molecule has 206 valence electrons. The van der Waals surface area contributed by atoms with Crippen LogP contribution in [-0.4, -0.2) is 52.3 Å². The Morgan fingerprint density at radius 1 is 0.821 bits per heavy atom. The van der Waals surface area contributed by atoms with Gasteiger partial charge in [0.1, 0.15) is 0 Å². The van der Waals surface area contributed by atoms with E-state index in [0.717, 1.165) is 43.5 Å². The fraction of sp³-hybridized carbons (Fsp3) is 0.406. The van der Waals surface area contributed by atoms with E-state index in [1.54, 1.807) is 28.4 Å². The highest BCUT2D eigenvalue weighted by molar-refractivity contribution is 5.79. The van der Waals surface area contributed by atoms with E-state index in [2.05, 4.69) is 52.7 Å². The van der Waals surface area contributed by atoms with E-state index < -0.39 is 0 Å². The molecule has 3 aromatic rings. The van der Waals surface area contributed by atoms with E-state index in [9.17, 15) is 4.79 Å². The Hall–Kier alpha value is -3.71. The summed E-state index contributed by atoms with van der Waals surface area (Å²) in [4.78, 5) is 15.8. The smallest absolute Gasteiger partial charge is 0.234 e. The Kier molecular flexibility index (Phi) is 8.27. The van der Waals surface area contributed by atoms with E-state index in [-0.39, 0.29) is 18.0 Å². The van der Waals surface area contributed by atoms with Gasteiger partial charge in [-0.2, -0.15) is 0 Å². The van der Waals surface area contributed by atoms with Crippen molar-refractivity contribution in [1.82, 2.24) is 10.2 Å². The number of amides is 1. The van der Waals surface area contributed by atoms with Crippen molar-refractivity contribution in [1.29, 1.82) is 0 Å². The first-order chi connectivity index (χ1) is 19.0. The van der Waals surface area contributed by atoms with Gasteiger partial charge in [0, 0.05) is 6.04 Å². The van der Waals surface area contributed by atoms with Crippen molar-refractivity contribution < 1.29 is 23.7 Å². The van der Waals surface area contributed by atoms with Crippen molar-refractivity contribution >= 4 is 5.91 Å². The fourth-order valence-corrected chi connectivity index (χ4v) is 6.08. The number of nitrogens with zero attached hydrogens (tertiary/aromatic N) is 1. The lowest BCUT2D eigenvalue weighted by molar-refractivity contribution is -0.123. The Balaban J connectivity index is 1.45. The number of fused-ring (bicyclic) bond motifs is 2. The Bertz CT molecular complexity index is 1320. The van der Waals surface area contributed by atoms with Crippen LogP contribution in [0.4, 0.5) is 0 Å². The number of methoxy groups -OCH3 is 4. The van der Waals surface area contributed by atoms with Crippen molar-refractivity contribution in [3.63, 3.8) is 0 Å². The molecule has 3 aromatic carbocycles. The summed E-state index contributed by atoms with van der Waals surface area (Å²) in [6.07, 6.45) is 4.51. The second-order valence-corrected chi connectivity index (χ2v) is 10.2. The number of rotatable bonds is 9. The highest BCUT2D eigenvalue weighted by Gasteiger charge is 2.31. The van der Waals surface area contributed by atoms with Gasteiger partial charge in [-0.15, -0.1) is 0 Å². The van der Waals surface area contributed by atoms with Gasteiger partial charge in [-0.25, -0.2) is 0 Å². The summed E-state index contributed by atoms with van der Waals surface area (Å²) in [7, 11) is 6.62. The monoisotopic (exact) mass is 530 g/mol. The van der Waals surface area contributed by atoms with Gasteiger partial charge in [-0.1, -0.05) is 30.3 Å². The molecule has 1 N–H and O–H groups in total. The van der Waals surface area contributed by atoms with Crippen LogP contribution in [0.5, 0.6) is 23.0 Å². The summed E-state index contributed by atoms with van der Waals surface area (Å²) < 4.78 is 22.3. The van der Waals surface area contributed by atoms with Crippen molar-refractivity contribution in [3.05, 3.63) is 82.4 Å². The van der Waals surface area contributed by atoms with Gasteiger partial charge in [-0.05, 0) is 90.7 Å². The van der Waals surface area contributed by atoms with Crippen LogP contribution in [0.3, 0.4) is 0 Å². The molecule has 0 spiro atoms.